The van der Waals surface area contributed by atoms with Gasteiger partial charge in [-0.3, -0.25) is 0 Å². The average Bonchev–Trinajstić information content (AvgIpc) is 2.12. The van der Waals surface area contributed by atoms with Crippen LogP contribution in [0.5, 0.6) is 0 Å². The number of benzene rings is 1. The highest BCUT2D eigenvalue weighted by atomic mass is 16.3. The Morgan fingerprint density at radius 3 is 2.00 bits per heavy atom. The molecule has 0 spiro atoms. The zero-order valence-electron chi connectivity index (χ0n) is 10.3. The fourth-order valence-electron chi connectivity index (χ4n) is 1.71. The van der Waals surface area contributed by atoms with Gasteiger partial charge in [0.25, 0.3) is 0 Å². The van der Waals surface area contributed by atoms with Gasteiger partial charge >= 0.3 is 0 Å². The van der Waals surface area contributed by atoms with E-state index in [-0.39, 0.29) is 0 Å². The molecule has 0 saturated heterocycles. The lowest BCUT2D eigenvalue weighted by Gasteiger charge is -2.18. The summed E-state index contributed by atoms with van der Waals surface area (Å²) in [7, 11) is 3.94. The van der Waals surface area contributed by atoms with Gasteiger partial charge in [0.15, 0.2) is 0 Å². The second-order valence-electron chi connectivity index (χ2n) is 4.56. The molecule has 0 aromatic heterocycles. The average molecular weight is 207 g/mol. The van der Waals surface area contributed by atoms with Crippen molar-refractivity contribution in [1.29, 1.82) is 0 Å². The van der Waals surface area contributed by atoms with Crippen molar-refractivity contribution in [2.45, 2.75) is 26.9 Å². The van der Waals surface area contributed by atoms with Crippen LogP contribution in [0, 0.1) is 20.8 Å². The van der Waals surface area contributed by atoms with E-state index >= 15 is 0 Å². The minimum absolute atomic E-state index is 0.391. The van der Waals surface area contributed by atoms with E-state index in [0.29, 0.717) is 6.54 Å². The maximum absolute atomic E-state index is 9.99. The fourth-order valence-corrected chi connectivity index (χ4v) is 1.71. The molecule has 0 aliphatic heterocycles. The van der Waals surface area contributed by atoms with Crippen LogP contribution in [0.2, 0.25) is 0 Å². The molecule has 2 nitrogen and oxygen atoms in total. The van der Waals surface area contributed by atoms with Gasteiger partial charge < -0.3 is 10.0 Å². The molecule has 1 aromatic carbocycles. The van der Waals surface area contributed by atoms with Crippen molar-refractivity contribution in [3.8, 4) is 0 Å². The van der Waals surface area contributed by atoms with Gasteiger partial charge in [0.2, 0.25) is 0 Å². The molecule has 1 unspecified atom stereocenters. The molecule has 84 valence electrons. The molecular weight excluding hydrogens is 186 g/mol. The number of hydrogen-bond acceptors (Lipinski definition) is 2. The summed E-state index contributed by atoms with van der Waals surface area (Å²) in [5, 5.41) is 9.99. The Labute approximate surface area is 92.5 Å². The van der Waals surface area contributed by atoms with Gasteiger partial charge in [-0.2, -0.15) is 0 Å². The molecule has 1 N–H and O–H groups in total. The van der Waals surface area contributed by atoms with Crippen molar-refractivity contribution < 1.29 is 5.11 Å². The van der Waals surface area contributed by atoms with Crippen LogP contribution < -0.4 is 0 Å². The van der Waals surface area contributed by atoms with Crippen LogP contribution in [0.25, 0.3) is 0 Å². The standard InChI is InChI=1S/C13H21NO/c1-9-6-12(7-10(2)11(9)3)13(15)8-14(4)5/h6-7,13,15H,8H2,1-5H3. The highest BCUT2D eigenvalue weighted by Crippen LogP contribution is 2.20. The Morgan fingerprint density at radius 1 is 1.13 bits per heavy atom. The summed E-state index contributed by atoms with van der Waals surface area (Å²) in [4.78, 5) is 2.00. The van der Waals surface area contributed by atoms with Gasteiger partial charge in [0, 0.05) is 6.54 Å². The third-order valence-electron chi connectivity index (χ3n) is 2.87. The fraction of sp³-hybridized carbons (Fsp3) is 0.538. The summed E-state index contributed by atoms with van der Waals surface area (Å²) >= 11 is 0. The summed E-state index contributed by atoms with van der Waals surface area (Å²) in [6, 6.07) is 4.16. The minimum Gasteiger partial charge on any atom is -0.387 e. The van der Waals surface area contributed by atoms with Crippen molar-refractivity contribution in [3.05, 3.63) is 34.4 Å². The first-order valence-electron chi connectivity index (χ1n) is 5.32. The molecular formula is C13H21NO. The number of rotatable bonds is 3. The van der Waals surface area contributed by atoms with Gasteiger partial charge in [-0.25, -0.2) is 0 Å². The zero-order valence-corrected chi connectivity index (χ0v) is 10.3. The normalized spacial score (nSPS) is 13.3. The minimum atomic E-state index is -0.391. The molecule has 0 aliphatic carbocycles. The Kier molecular flexibility index (Phi) is 3.89. The van der Waals surface area contributed by atoms with E-state index in [1.807, 2.05) is 19.0 Å². The van der Waals surface area contributed by atoms with Crippen LogP contribution in [0.15, 0.2) is 12.1 Å². The van der Waals surface area contributed by atoms with Gasteiger partial charge in [0.1, 0.15) is 0 Å². The molecule has 0 aliphatic rings. The number of likely N-dealkylation sites (N-methyl/N-ethyl adjacent to an activating group) is 1. The lowest BCUT2D eigenvalue weighted by Crippen LogP contribution is -2.20. The summed E-state index contributed by atoms with van der Waals surface area (Å²) < 4.78 is 0. The van der Waals surface area contributed by atoms with Crippen molar-refractivity contribution in [1.82, 2.24) is 4.90 Å². The molecule has 0 saturated carbocycles. The molecule has 0 radical (unpaired) electrons. The quantitative estimate of drug-likeness (QED) is 0.821. The van der Waals surface area contributed by atoms with Crippen LogP contribution in [0.3, 0.4) is 0 Å². The van der Waals surface area contributed by atoms with E-state index in [9.17, 15) is 5.11 Å². The topological polar surface area (TPSA) is 23.5 Å². The van der Waals surface area contributed by atoms with Gasteiger partial charge in [-0.05, 0) is 57.1 Å². The first-order chi connectivity index (χ1) is 6.91. The van der Waals surface area contributed by atoms with Crippen molar-refractivity contribution in [2.75, 3.05) is 20.6 Å². The van der Waals surface area contributed by atoms with Crippen LogP contribution in [0.4, 0.5) is 0 Å². The summed E-state index contributed by atoms with van der Waals surface area (Å²) in [6.45, 7) is 6.97. The molecule has 0 amide bonds. The van der Waals surface area contributed by atoms with Gasteiger partial charge in [-0.1, -0.05) is 12.1 Å². The van der Waals surface area contributed by atoms with Crippen LogP contribution in [-0.4, -0.2) is 30.6 Å². The highest BCUT2D eigenvalue weighted by molar-refractivity contribution is 5.37. The Morgan fingerprint density at radius 2 is 1.60 bits per heavy atom. The Balaban J connectivity index is 2.95. The third kappa shape index (κ3) is 3.05. The van der Waals surface area contributed by atoms with E-state index in [1.165, 1.54) is 16.7 Å². The smallest absolute Gasteiger partial charge is 0.0916 e. The second-order valence-corrected chi connectivity index (χ2v) is 4.56. The number of aliphatic hydroxyl groups excluding tert-OH is 1. The summed E-state index contributed by atoms with van der Waals surface area (Å²) in [5.74, 6) is 0. The van der Waals surface area contributed by atoms with Gasteiger partial charge in [-0.15, -0.1) is 0 Å². The predicted octanol–water partition coefficient (Wildman–Crippen LogP) is 2.21. The molecule has 2 heteroatoms. The van der Waals surface area contributed by atoms with Crippen molar-refractivity contribution >= 4 is 0 Å². The van der Waals surface area contributed by atoms with Crippen molar-refractivity contribution in [3.63, 3.8) is 0 Å². The van der Waals surface area contributed by atoms with E-state index in [4.69, 9.17) is 0 Å². The predicted molar refractivity (Wildman–Crippen MR) is 64.2 cm³/mol. The summed E-state index contributed by atoms with van der Waals surface area (Å²) in [5.41, 5.74) is 4.84. The molecule has 0 fully saturated rings. The Bertz CT molecular complexity index is 321. The molecule has 15 heavy (non-hydrogen) atoms. The van der Waals surface area contributed by atoms with Crippen LogP contribution >= 0.6 is 0 Å². The monoisotopic (exact) mass is 207 g/mol. The van der Waals surface area contributed by atoms with E-state index < -0.39 is 6.10 Å². The maximum Gasteiger partial charge on any atom is 0.0916 e. The number of nitrogens with zero attached hydrogens (tertiary/aromatic N) is 1. The SMILES string of the molecule is Cc1cc(C(O)CN(C)C)cc(C)c1C. The zero-order chi connectivity index (χ0) is 11.6. The number of aliphatic hydroxyl groups is 1. The highest BCUT2D eigenvalue weighted by Gasteiger charge is 2.10. The first kappa shape index (κ1) is 12.2. The lowest BCUT2D eigenvalue weighted by molar-refractivity contribution is 0.138. The third-order valence-corrected chi connectivity index (χ3v) is 2.87. The van der Waals surface area contributed by atoms with Crippen LogP contribution in [-0.2, 0) is 0 Å². The maximum atomic E-state index is 9.99. The lowest BCUT2D eigenvalue weighted by atomic mass is 9.98. The Hall–Kier alpha value is -0.860. The summed E-state index contributed by atoms with van der Waals surface area (Å²) in [6.07, 6.45) is -0.391. The second kappa shape index (κ2) is 4.77. The molecule has 1 aromatic rings. The van der Waals surface area contributed by atoms with E-state index in [1.54, 1.807) is 0 Å². The molecule has 1 rings (SSSR count). The van der Waals surface area contributed by atoms with E-state index in [2.05, 4.69) is 32.9 Å². The van der Waals surface area contributed by atoms with Gasteiger partial charge in [0.05, 0.1) is 6.10 Å². The van der Waals surface area contributed by atoms with Crippen molar-refractivity contribution in [2.24, 2.45) is 0 Å². The van der Waals surface area contributed by atoms with E-state index in [0.717, 1.165) is 5.56 Å². The molecule has 0 heterocycles. The van der Waals surface area contributed by atoms with Crippen LogP contribution in [0.1, 0.15) is 28.4 Å². The largest absolute Gasteiger partial charge is 0.387 e. The number of hydrogen-bond donors (Lipinski definition) is 1. The number of aryl methyl sites for hydroxylation is 2. The molecule has 0 bridgehead atoms. The first-order valence-corrected chi connectivity index (χ1v) is 5.32. The molecule has 1 atom stereocenters.